The molecule has 0 spiro atoms. The molecule has 0 radical (unpaired) electrons. The van der Waals surface area contributed by atoms with E-state index < -0.39 is 12.1 Å². The minimum Gasteiger partial charge on any atom is -0.338 e. The van der Waals surface area contributed by atoms with Crippen molar-refractivity contribution in [1.82, 2.24) is 16.0 Å². The number of imide groups is 1. The van der Waals surface area contributed by atoms with Crippen molar-refractivity contribution in [2.45, 2.75) is 39.3 Å². The Morgan fingerprint density at radius 2 is 2.11 bits per heavy atom. The van der Waals surface area contributed by atoms with Crippen molar-refractivity contribution >= 4 is 23.3 Å². The van der Waals surface area contributed by atoms with Gasteiger partial charge < -0.3 is 10.6 Å². The second kappa shape index (κ2) is 7.91. The molecule has 1 rings (SSSR count). The highest BCUT2D eigenvalue weighted by Crippen LogP contribution is 2.11. The summed E-state index contributed by atoms with van der Waals surface area (Å²) in [6, 6.07) is 3.40. The van der Waals surface area contributed by atoms with Crippen molar-refractivity contribution in [3.8, 4) is 0 Å². The Bertz CT molecular complexity index is 406. The first-order valence-corrected chi connectivity index (χ1v) is 7.28. The number of urea groups is 1. The summed E-state index contributed by atoms with van der Waals surface area (Å²) in [5.74, 6) is -0.316. The number of carbonyl (C=O) groups excluding carboxylic acids is 2. The third-order valence-corrected chi connectivity index (χ3v) is 3.49. The van der Waals surface area contributed by atoms with Gasteiger partial charge in [0.25, 0.3) is 0 Å². The van der Waals surface area contributed by atoms with E-state index in [0.717, 1.165) is 6.42 Å². The van der Waals surface area contributed by atoms with Gasteiger partial charge in [0.2, 0.25) is 5.91 Å². The minimum absolute atomic E-state index is 0.175. The summed E-state index contributed by atoms with van der Waals surface area (Å²) in [5.41, 5.74) is 0. The maximum absolute atomic E-state index is 11.7. The highest BCUT2D eigenvalue weighted by molar-refractivity contribution is 7.09. The Labute approximate surface area is 117 Å². The molecule has 0 aliphatic heterocycles. The first-order chi connectivity index (χ1) is 9.02. The van der Waals surface area contributed by atoms with Crippen molar-refractivity contribution in [1.29, 1.82) is 0 Å². The van der Waals surface area contributed by atoms with Gasteiger partial charge in [-0.25, -0.2) is 4.79 Å². The van der Waals surface area contributed by atoms with Crippen LogP contribution in [0.1, 0.15) is 25.6 Å². The summed E-state index contributed by atoms with van der Waals surface area (Å²) in [6.45, 7) is 6.07. The van der Waals surface area contributed by atoms with Gasteiger partial charge in [0.15, 0.2) is 0 Å². The van der Waals surface area contributed by atoms with Crippen LogP contribution >= 0.6 is 11.3 Å². The van der Waals surface area contributed by atoms with Gasteiger partial charge in [0.1, 0.15) is 0 Å². The van der Waals surface area contributed by atoms with Gasteiger partial charge in [-0.2, -0.15) is 0 Å². The molecule has 2 unspecified atom stereocenters. The van der Waals surface area contributed by atoms with Crippen LogP contribution in [0.25, 0.3) is 0 Å². The highest BCUT2D eigenvalue weighted by atomic mass is 32.1. The van der Waals surface area contributed by atoms with Crippen molar-refractivity contribution in [3.63, 3.8) is 0 Å². The molecule has 1 aromatic heterocycles. The number of carbonyl (C=O) groups is 2. The Kier molecular flexibility index (Phi) is 6.52. The third-order valence-electron chi connectivity index (χ3n) is 2.59. The van der Waals surface area contributed by atoms with Crippen molar-refractivity contribution in [2.24, 2.45) is 0 Å². The molecule has 6 heteroatoms. The van der Waals surface area contributed by atoms with Gasteiger partial charge in [0.05, 0.1) is 6.04 Å². The lowest BCUT2D eigenvalue weighted by Gasteiger charge is -2.18. The Balaban J connectivity index is 2.34. The highest BCUT2D eigenvalue weighted by Gasteiger charge is 2.17. The van der Waals surface area contributed by atoms with E-state index in [4.69, 9.17) is 0 Å². The normalized spacial score (nSPS) is 13.6. The molecule has 2 atom stereocenters. The van der Waals surface area contributed by atoms with Crippen LogP contribution in [0.5, 0.6) is 0 Å². The molecule has 1 aromatic rings. The maximum atomic E-state index is 11.7. The predicted molar refractivity (Wildman–Crippen MR) is 77.3 cm³/mol. The lowest BCUT2D eigenvalue weighted by Crippen LogP contribution is -2.50. The van der Waals surface area contributed by atoms with Gasteiger partial charge in [-0.3, -0.25) is 10.1 Å². The van der Waals surface area contributed by atoms with E-state index in [1.807, 2.05) is 18.4 Å². The summed E-state index contributed by atoms with van der Waals surface area (Å²) in [5, 5.41) is 10.0. The van der Waals surface area contributed by atoms with Gasteiger partial charge in [0, 0.05) is 17.5 Å². The van der Waals surface area contributed by atoms with E-state index in [-0.39, 0.29) is 11.9 Å². The van der Waals surface area contributed by atoms with Crippen LogP contribution in [0, 0.1) is 0 Å². The number of hydrogen-bond donors (Lipinski definition) is 3. The molecule has 3 amide bonds. The van der Waals surface area contributed by atoms with E-state index in [1.54, 1.807) is 25.2 Å². The topological polar surface area (TPSA) is 70.2 Å². The zero-order valence-electron chi connectivity index (χ0n) is 11.5. The maximum Gasteiger partial charge on any atom is 0.321 e. The first kappa shape index (κ1) is 15.7. The monoisotopic (exact) mass is 283 g/mol. The molecule has 19 heavy (non-hydrogen) atoms. The van der Waals surface area contributed by atoms with Gasteiger partial charge in [-0.15, -0.1) is 11.3 Å². The average Bonchev–Trinajstić information content (AvgIpc) is 2.81. The molecular weight excluding hydrogens is 262 g/mol. The molecule has 0 aromatic carbocycles. The fraction of sp³-hybridized carbons (Fsp3) is 0.538. The average molecular weight is 283 g/mol. The van der Waals surface area contributed by atoms with Crippen molar-refractivity contribution in [3.05, 3.63) is 22.4 Å². The molecule has 0 fully saturated rings. The molecule has 0 aliphatic rings. The van der Waals surface area contributed by atoms with E-state index >= 15 is 0 Å². The molecule has 106 valence electrons. The summed E-state index contributed by atoms with van der Waals surface area (Å²) in [7, 11) is 0. The SMILES string of the molecule is CCNC(=O)NC(=O)C(C)NC(C)Cc1cccs1. The van der Waals surface area contributed by atoms with Crippen LogP contribution in [-0.2, 0) is 11.2 Å². The zero-order valence-corrected chi connectivity index (χ0v) is 12.3. The lowest BCUT2D eigenvalue weighted by molar-refractivity contribution is -0.121. The van der Waals surface area contributed by atoms with Gasteiger partial charge in [-0.1, -0.05) is 6.07 Å². The molecule has 5 nitrogen and oxygen atoms in total. The molecule has 1 heterocycles. The van der Waals surface area contributed by atoms with Crippen molar-refractivity contribution in [2.75, 3.05) is 6.54 Å². The van der Waals surface area contributed by atoms with E-state index in [0.29, 0.717) is 6.54 Å². The van der Waals surface area contributed by atoms with Crippen molar-refractivity contribution < 1.29 is 9.59 Å². The third kappa shape index (κ3) is 5.85. The number of rotatable bonds is 6. The summed E-state index contributed by atoms with van der Waals surface area (Å²) in [6.07, 6.45) is 0.871. The molecule has 3 N–H and O–H groups in total. The fourth-order valence-corrected chi connectivity index (χ4v) is 2.55. The van der Waals surface area contributed by atoms with Crippen LogP contribution in [-0.4, -0.2) is 30.6 Å². The quantitative estimate of drug-likeness (QED) is 0.741. The summed E-state index contributed by atoms with van der Waals surface area (Å²) < 4.78 is 0. The summed E-state index contributed by atoms with van der Waals surface area (Å²) >= 11 is 1.70. The first-order valence-electron chi connectivity index (χ1n) is 6.40. The Hall–Kier alpha value is -1.40. The van der Waals surface area contributed by atoms with E-state index in [2.05, 4.69) is 22.0 Å². The smallest absolute Gasteiger partial charge is 0.321 e. The Morgan fingerprint density at radius 3 is 2.68 bits per heavy atom. The molecule has 0 saturated carbocycles. The molecule has 0 bridgehead atoms. The number of amides is 3. The predicted octanol–water partition coefficient (Wildman–Crippen LogP) is 1.50. The molecule has 0 saturated heterocycles. The largest absolute Gasteiger partial charge is 0.338 e. The van der Waals surface area contributed by atoms with E-state index in [1.165, 1.54) is 4.88 Å². The Morgan fingerprint density at radius 1 is 1.37 bits per heavy atom. The fourth-order valence-electron chi connectivity index (χ4n) is 1.72. The lowest BCUT2D eigenvalue weighted by atomic mass is 10.2. The number of nitrogens with one attached hydrogen (secondary N) is 3. The second-order valence-corrected chi connectivity index (χ2v) is 5.45. The van der Waals surface area contributed by atoms with Gasteiger partial charge >= 0.3 is 6.03 Å². The van der Waals surface area contributed by atoms with Crippen LogP contribution in [0.4, 0.5) is 4.79 Å². The number of hydrogen-bond acceptors (Lipinski definition) is 4. The second-order valence-electron chi connectivity index (χ2n) is 4.42. The van der Waals surface area contributed by atoms with E-state index in [9.17, 15) is 9.59 Å². The zero-order chi connectivity index (χ0) is 14.3. The van der Waals surface area contributed by atoms with Gasteiger partial charge in [-0.05, 0) is 38.6 Å². The van der Waals surface area contributed by atoms with Crippen LogP contribution in [0.3, 0.4) is 0 Å². The molecule has 0 aliphatic carbocycles. The van der Waals surface area contributed by atoms with Crippen LogP contribution in [0.2, 0.25) is 0 Å². The summed E-state index contributed by atoms with van der Waals surface area (Å²) in [4.78, 5) is 24.2. The van der Waals surface area contributed by atoms with Crippen LogP contribution < -0.4 is 16.0 Å². The molecular formula is C13H21N3O2S. The number of thiophene rings is 1. The minimum atomic E-state index is -0.452. The standard InChI is InChI=1S/C13H21N3O2S/c1-4-14-13(18)16-12(17)10(3)15-9(2)8-11-6-5-7-19-11/h5-7,9-10,15H,4,8H2,1-3H3,(H2,14,16,17,18). The van der Waals surface area contributed by atoms with Crippen LogP contribution in [0.15, 0.2) is 17.5 Å².